The molecule has 1 aliphatic heterocycles. The van der Waals surface area contributed by atoms with Gasteiger partial charge in [0.25, 0.3) is 11.1 Å². The number of aryl methyl sites for hydroxylation is 1. The number of imide groups is 1. The highest BCUT2D eigenvalue weighted by Crippen LogP contribution is 2.34. The van der Waals surface area contributed by atoms with E-state index in [4.69, 9.17) is 0 Å². The molecule has 0 aromatic heterocycles. The average molecular weight is 340 g/mol. The number of nitrogens with one attached hydrogen (secondary N) is 1. The molecule has 0 spiro atoms. The average Bonchev–Trinajstić information content (AvgIpc) is 2.83. The molecule has 124 valence electrons. The lowest BCUT2D eigenvalue weighted by Crippen LogP contribution is -2.34. The van der Waals surface area contributed by atoms with Gasteiger partial charge >= 0.3 is 0 Å². The first-order valence-corrected chi connectivity index (χ1v) is 8.82. The smallest absolute Gasteiger partial charge is 0.295 e. The molecule has 3 rings (SSSR count). The van der Waals surface area contributed by atoms with Crippen LogP contribution >= 0.6 is 11.8 Å². The molecule has 0 saturated carbocycles. The minimum absolute atomic E-state index is 0.229. The molecule has 2 amide bonds. The van der Waals surface area contributed by atoms with Crippen molar-refractivity contribution in [1.29, 1.82) is 0 Å². The van der Waals surface area contributed by atoms with E-state index in [0.29, 0.717) is 11.6 Å². The lowest BCUT2D eigenvalue weighted by molar-refractivity contribution is -0.116. The van der Waals surface area contributed by atoms with Gasteiger partial charge in [-0.15, -0.1) is 0 Å². The van der Waals surface area contributed by atoms with E-state index in [1.165, 1.54) is 10.5 Å². The highest BCUT2D eigenvalue weighted by molar-refractivity contribution is 8.16. The maximum Gasteiger partial charge on any atom is 0.295 e. The van der Waals surface area contributed by atoms with Gasteiger partial charge in [-0.2, -0.15) is 0 Å². The Kier molecular flexibility index (Phi) is 4.62. The molecule has 1 fully saturated rings. The van der Waals surface area contributed by atoms with E-state index in [-0.39, 0.29) is 11.1 Å². The van der Waals surface area contributed by atoms with Crippen molar-refractivity contribution < 1.29 is 9.59 Å². The second-order valence-corrected chi connectivity index (χ2v) is 7.20. The van der Waals surface area contributed by atoms with Gasteiger partial charge in [-0.1, -0.05) is 44.2 Å². The minimum atomic E-state index is -0.595. The summed E-state index contributed by atoms with van der Waals surface area (Å²) in [6.07, 6.45) is 0. The zero-order chi connectivity index (χ0) is 17.3. The summed E-state index contributed by atoms with van der Waals surface area (Å²) in [5.41, 5.74) is 3.63. The fourth-order valence-electron chi connectivity index (χ4n) is 2.65. The van der Waals surface area contributed by atoms with E-state index in [9.17, 15) is 9.59 Å². The van der Waals surface area contributed by atoms with Crippen LogP contribution in [-0.4, -0.2) is 16.5 Å². The Bertz CT molecular complexity index is 771. The zero-order valence-electron chi connectivity index (χ0n) is 13.9. The molecule has 1 heterocycles. The maximum atomic E-state index is 12.7. The van der Waals surface area contributed by atoms with Gasteiger partial charge in [-0.3, -0.25) is 9.59 Å². The number of carbonyl (C=O) groups excluding carboxylic acids is 2. The molecule has 1 aliphatic rings. The standard InChI is InChI=1S/C19H20N2O2S/c1-12(2)14-8-10-15(11-9-14)20-17-18(22)21(19(23)24-17)16-7-5-4-6-13(16)3/h4-12,17,20H,1-3H3/t17-/m1/s1. The second-order valence-electron chi connectivity index (χ2n) is 6.14. The first-order valence-electron chi connectivity index (χ1n) is 7.94. The zero-order valence-corrected chi connectivity index (χ0v) is 14.8. The van der Waals surface area contributed by atoms with Crippen LogP contribution in [0.1, 0.15) is 30.9 Å². The van der Waals surface area contributed by atoms with Gasteiger partial charge < -0.3 is 5.32 Å². The molecule has 24 heavy (non-hydrogen) atoms. The van der Waals surface area contributed by atoms with E-state index in [0.717, 1.165) is 23.0 Å². The molecule has 1 N–H and O–H groups in total. The molecule has 0 aliphatic carbocycles. The van der Waals surface area contributed by atoms with Crippen LogP contribution in [0.15, 0.2) is 48.5 Å². The largest absolute Gasteiger partial charge is 0.365 e. The lowest BCUT2D eigenvalue weighted by atomic mass is 10.0. The van der Waals surface area contributed by atoms with E-state index in [2.05, 4.69) is 19.2 Å². The van der Waals surface area contributed by atoms with Gasteiger partial charge in [0.05, 0.1) is 5.69 Å². The molecule has 0 unspecified atom stereocenters. The summed E-state index contributed by atoms with van der Waals surface area (Å²) < 4.78 is 0. The van der Waals surface area contributed by atoms with E-state index in [1.54, 1.807) is 6.07 Å². The molecule has 0 bridgehead atoms. The number of para-hydroxylation sites is 1. The van der Waals surface area contributed by atoms with Gasteiger partial charge in [0.1, 0.15) is 0 Å². The number of hydrogen-bond donors (Lipinski definition) is 1. The maximum absolute atomic E-state index is 12.7. The lowest BCUT2D eigenvalue weighted by Gasteiger charge is -2.17. The monoisotopic (exact) mass is 340 g/mol. The summed E-state index contributed by atoms with van der Waals surface area (Å²) in [4.78, 5) is 26.2. The molecule has 4 nitrogen and oxygen atoms in total. The van der Waals surface area contributed by atoms with Gasteiger partial charge in [-0.05, 0) is 53.9 Å². The van der Waals surface area contributed by atoms with Crippen LogP contribution in [0.5, 0.6) is 0 Å². The topological polar surface area (TPSA) is 49.4 Å². The van der Waals surface area contributed by atoms with Crippen molar-refractivity contribution in [2.75, 3.05) is 10.2 Å². The molecule has 2 aromatic carbocycles. The van der Waals surface area contributed by atoms with Crippen molar-refractivity contribution in [3.63, 3.8) is 0 Å². The number of anilines is 2. The predicted molar refractivity (Wildman–Crippen MR) is 99.6 cm³/mol. The first-order chi connectivity index (χ1) is 11.5. The number of hydrogen-bond acceptors (Lipinski definition) is 4. The van der Waals surface area contributed by atoms with Crippen molar-refractivity contribution in [3.8, 4) is 0 Å². The highest BCUT2D eigenvalue weighted by atomic mass is 32.2. The van der Waals surface area contributed by atoms with E-state index in [1.807, 2.05) is 49.4 Å². The van der Waals surface area contributed by atoms with Gasteiger partial charge in [0.15, 0.2) is 5.37 Å². The summed E-state index contributed by atoms with van der Waals surface area (Å²) >= 11 is 1.02. The number of benzene rings is 2. The Morgan fingerprint density at radius 1 is 1.04 bits per heavy atom. The third kappa shape index (κ3) is 3.17. The van der Waals surface area contributed by atoms with Gasteiger partial charge in [0, 0.05) is 5.69 Å². The molecular weight excluding hydrogens is 320 g/mol. The summed E-state index contributed by atoms with van der Waals surface area (Å²) in [6.45, 7) is 6.17. The third-order valence-corrected chi connectivity index (χ3v) is 5.02. The molecule has 2 aromatic rings. The molecular formula is C19H20N2O2S. The number of carbonyl (C=O) groups is 2. The Balaban J connectivity index is 1.78. The SMILES string of the molecule is Cc1ccccc1N1C(=O)S[C@@H](Nc2ccc(C(C)C)cc2)C1=O. The van der Waals surface area contributed by atoms with Crippen molar-refractivity contribution in [2.45, 2.75) is 32.1 Å². The van der Waals surface area contributed by atoms with Crippen LogP contribution in [-0.2, 0) is 4.79 Å². The van der Waals surface area contributed by atoms with Crippen molar-refractivity contribution in [1.82, 2.24) is 0 Å². The molecule has 0 radical (unpaired) electrons. The summed E-state index contributed by atoms with van der Waals surface area (Å²) in [6, 6.07) is 15.4. The van der Waals surface area contributed by atoms with Crippen LogP contribution in [0.2, 0.25) is 0 Å². The molecule has 1 saturated heterocycles. The third-order valence-electron chi connectivity index (χ3n) is 4.08. The van der Waals surface area contributed by atoms with Crippen LogP contribution in [0.3, 0.4) is 0 Å². The van der Waals surface area contributed by atoms with Crippen LogP contribution < -0.4 is 10.2 Å². The van der Waals surface area contributed by atoms with Crippen LogP contribution in [0.25, 0.3) is 0 Å². The van der Waals surface area contributed by atoms with Crippen molar-refractivity contribution >= 4 is 34.3 Å². The number of rotatable bonds is 4. The van der Waals surface area contributed by atoms with Crippen LogP contribution in [0.4, 0.5) is 16.2 Å². The molecule has 1 atom stereocenters. The minimum Gasteiger partial charge on any atom is -0.365 e. The van der Waals surface area contributed by atoms with Crippen LogP contribution in [0, 0.1) is 6.92 Å². The summed E-state index contributed by atoms with van der Waals surface area (Å²) in [7, 11) is 0. The summed E-state index contributed by atoms with van der Waals surface area (Å²) in [5, 5.41) is 2.32. The van der Waals surface area contributed by atoms with Crippen molar-refractivity contribution in [3.05, 3.63) is 59.7 Å². The van der Waals surface area contributed by atoms with Gasteiger partial charge in [0.2, 0.25) is 0 Å². The Morgan fingerprint density at radius 3 is 2.33 bits per heavy atom. The number of thioether (sulfide) groups is 1. The Morgan fingerprint density at radius 2 is 1.71 bits per heavy atom. The Labute approximate surface area is 146 Å². The summed E-state index contributed by atoms with van der Waals surface area (Å²) in [5.74, 6) is 0.229. The van der Waals surface area contributed by atoms with E-state index < -0.39 is 5.37 Å². The Hall–Kier alpha value is -2.27. The fourth-order valence-corrected chi connectivity index (χ4v) is 3.55. The first kappa shape index (κ1) is 16.6. The number of amides is 2. The van der Waals surface area contributed by atoms with Gasteiger partial charge in [-0.25, -0.2) is 4.90 Å². The number of nitrogens with zero attached hydrogens (tertiary/aromatic N) is 1. The highest BCUT2D eigenvalue weighted by Gasteiger charge is 2.41. The predicted octanol–water partition coefficient (Wildman–Crippen LogP) is 4.76. The quantitative estimate of drug-likeness (QED) is 0.872. The molecule has 5 heteroatoms. The second kappa shape index (κ2) is 6.69. The fraction of sp³-hybridized carbons (Fsp3) is 0.263. The van der Waals surface area contributed by atoms with E-state index >= 15 is 0 Å². The normalized spacial score (nSPS) is 17.7. The van der Waals surface area contributed by atoms with Crippen molar-refractivity contribution in [2.24, 2.45) is 0 Å².